The lowest BCUT2D eigenvalue weighted by atomic mass is 10.0. The van der Waals surface area contributed by atoms with Crippen LogP contribution in [0.1, 0.15) is 31.7 Å². The van der Waals surface area contributed by atoms with Crippen LogP contribution in [0.4, 0.5) is 0 Å². The van der Waals surface area contributed by atoms with E-state index < -0.39 is 0 Å². The number of hydrogen-bond acceptors (Lipinski definition) is 1. The van der Waals surface area contributed by atoms with Gasteiger partial charge in [-0.2, -0.15) is 0 Å². The molecular formula is C14H20N2. The van der Waals surface area contributed by atoms with Crippen LogP contribution in [0, 0.1) is 0 Å². The Labute approximate surface area is 96.9 Å². The minimum atomic E-state index is 0.336. The predicted octanol–water partition coefficient (Wildman–Crippen LogP) is 3.23. The van der Waals surface area contributed by atoms with Crippen LogP contribution in [0.3, 0.4) is 0 Å². The van der Waals surface area contributed by atoms with Gasteiger partial charge in [-0.15, -0.1) is 0 Å². The molecular weight excluding hydrogens is 196 g/mol. The first-order chi connectivity index (χ1) is 7.77. The van der Waals surface area contributed by atoms with Gasteiger partial charge in [0.15, 0.2) is 0 Å². The summed E-state index contributed by atoms with van der Waals surface area (Å²) in [4.78, 5) is 3.31. The molecule has 0 radical (unpaired) electrons. The quantitative estimate of drug-likeness (QED) is 0.740. The molecule has 0 amide bonds. The van der Waals surface area contributed by atoms with Crippen molar-refractivity contribution in [2.75, 3.05) is 0 Å². The Morgan fingerprint density at radius 3 is 2.88 bits per heavy atom. The average Bonchev–Trinajstić information content (AvgIpc) is 2.68. The van der Waals surface area contributed by atoms with Crippen molar-refractivity contribution in [2.24, 2.45) is 5.73 Å². The zero-order chi connectivity index (χ0) is 11.4. The smallest absolute Gasteiger partial charge is 0.0456 e. The van der Waals surface area contributed by atoms with E-state index >= 15 is 0 Å². The molecule has 3 N–H and O–H groups in total. The van der Waals surface area contributed by atoms with Gasteiger partial charge in [0.1, 0.15) is 0 Å². The first kappa shape index (κ1) is 11.2. The molecule has 16 heavy (non-hydrogen) atoms. The summed E-state index contributed by atoms with van der Waals surface area (Å²) in [5.74, 6) is 0. The maximum Gasteiger partial charge on any atom is 0.0456 e. The number of fused-ring (bicyclic) bond motifs is 1. The summed E-state index contributed by atoms with van der Waals surface area (Å²) in [5, 5.41) is 1.36. The number of aromatic nitrogens is 1. The fourth-order valence-electron chi connectivity index (χ4n) is 2.12. The topological polar surface area (TPSA) is 41.8 Å². The van der Waals surface area contributed by atoms with E-state index in [0.717, 1.165) is 12.8 Å². The summed E-state index contributed by atoms with van der Waals surface area (Å²) >= 11 is 0. The highest BCUT2D eigenvalue weighted by Gasteiger charge is 2.02. The van der Waals surface area contributed by atoms with E-state index in [-0.39, 0.29) is 0 Å². The molecule has 2 aromatic rings. The van der Waals surface area contributed by atoms with Crippen LogP contribution >= 0.6 is 0 Å². The van der Waals surface area contributed by atoms with Crippen molar-refractivity contribution in [3.63, 3.8) is 0 Å². The third-order valence-electron chi connectivity index (χ3n) is 3.03. The second-order valence-electron chi connectivity index (χ2n) is 4.58. The largest absolute Gasteiger partial charge is 0.361 e. The lowest BCUT2D eigenvalue weighted by Gasteiger charge is -2.03. The first-order valence-electron chi connectivity index (χ1n) is 6.08. The van der Waals surface area contributed by atoms with E-state index in [1.54, 1.807) is 0 Å². The molecule has 2 nitrogen and oxygen atoms in total. The number of aryl methyl sites for hydroxylation is 1. The van der Waals surface area contributed by atoms with Crippen LogP contribution in [0.25, 0.3) is 10.9 Å². The Kier molecular flexibility index (Phi) is 3.62. The molecule has 0 spiro atoms. The molecule has 2 rings (SSSR count). The molecule has 2 heteroatoms. The van der Waals surface area contributed by atoms with Gasteiger partial charge in [0.2, 0.25) is 0 Å². The second-order valence-corrected chi connectivity index (χ2v) is 4.58. The van der Waals surface area contributed by atoms with Crippen molar-refractivity contribution in [1.82, 2.24) is 4.98 Å². The second kappa shape index (κ2) is 5.17. The molecule has 0 aliphatic heterocycles. The van der Waals surface area contributed by atoms with E-state index in [1.807, 2.05) is 0 Å². The highest BCUT2D eigenvalue weighted by molar-refractivity contribution is 5.82. The summed E-state index contributed by atoms with van der Waals surface area (Å²) in [5.41, 5.74) is 8.41. The lowest BCUT2D eigenvalue weighted by molar-refractivity contribution is 0.598. The zero-order valence-corrected chi connectivity index (χ0v) is 9.87. The predicted molar refractivity (Wildman–Crippen MR) is 69.5 cm³/mol. The molecule has 0 aliphatic rings. The molecule has 86 valence electrons. The van der Waals surface area contributed by atoms with E-state index in [4.69, 9.17) is 5.73 Å². The number of nitrogens with two attached hydrogens (primary N) is 1. The number of para-hydroxylation sites is 1. The summed E-state index contributed by atoms with van der Waals surface area (Å²) in [6, 6.07) is 8.82. The molecule has 1 heterocycles. The molecule has 0 aliphatic carbocycles. The van der Waals surface area contributed by atoms with Crippen molar-refractivity contribution >= 4 is 10.9 Å². The maximum absolute atomic E-state index is 5.74. The van der Waals surface area contributed by atoms with Crippen LogP contribution in [0.2, 0.25) is 0 Å². The summed E-state index contributed by atoms with van der Waals surface area (Å²) in [7, 11) is 0. The summed E-state index contributed by atoms with van der Waals surface area (Å²) in [6.45, 7) is 2.08. The van der Waals surface area contributed by atoms with Crippen LogP contribution in [-0.2, 0) is 6.42 Å². The first-order valence-corrected chi connectivity index (χ1v) is 6.08. The highest BCUT2D eigenvalue weighted by Crippen LogP contribution is 2.19. The van der Waals surface area contributed by atoms with Crippen LogP contribution < -0.4 is 5.73 Å². The number of rotatable bonds is 5. The Hall–Kier alpha value is -1.28. The van der Waals surface area contributed by atoms with Crippen molar-refractivity contribution in [3.05, 3.63) is 36.0 Å². The Morgan fingerprint density at radius 1 is 1.25 bits per heavy atom. The van der Waals surface area contributed by atoms with Crippen molar-refractivity contribution in [3.8, 4) is 0 Å². The number of unbranched alkanes of at least 4 members (excludes halogenated alkanes) is 1. The number of H-pyrrole nitrogens is 1. The zero-order valence-electron chi connectivity index (χ0n) is 9.87. The van der Waals surface area contributed by atoms with E-state index in [9.17, 15) is 0 Å². The summed E-state index contributed by atoms with van der Waals surface area (Å²) < 4.78 is 0. The van der Waals surface area contributed by atoms with Crippen molar-refractivity contribution in [2.45, 2.75) is 38.6 Å². The standard InChI is InChI=1S/C14H20N2/c1-11(15)6-2-3-7-12-10-16-14-9-5-4-8-13(12)14/h4-5,8-11,16H,2-3,6-7,15H2,1H3/t11-/m0/s1. The van der Waals surface area contributed by atoms with Gasteiger partial charge in [-0.05, 0) is 37.8 Å². The Morgan fingerprint density at radius 2 is 2.06 bits per heavy atom. The van der Waals surface area contributed by atoms with Gasteiger partial charge >= 0.3 is 0 Å². The van der Waals surface area contributed by atoms with Gasteiger partial charge in [-0.25, -0.2) is 0 Å². The molecule has 1 aromatic carbocycles. The van der Waals surface area contributed by atoms with Gasteiger partial charge < -0.3 is 10.7 Å². The van der Waals surface area contributed by atoms with Crippen molar-refractivity contribution in [1.29, 1.82) is 0 Å². The van der Waals surface area contributed by atoms with E-state index in [2.05, 4.69) is 42.4 Å². The fourth-order valence-corrected chi connectivity index (χ4v) is 2.12. The van der Waals surface area contributed by atoms with E-state index in [0.29, 0.717) is 6.04 Å². The Balaban J connectivity index is 1.94. The molecule has 0 saturated heterocycles. The number of nitrogens with one attached hydrogen (secondary N) is 1. The molecule has 1 atom stereocenters. The SMILES string of the molecule is C[C@H](N)CCCCc1c[nH]c2ccccc12. The monoisotopic (exact) mass is 216 g/mol. The van der Waals surface area contributed by atoms with Crippen LogP contribution in [0.15, 0.2) is 30.5 Å². The van der Waals surface area contributed by atoms with Gasteiger partial charge in [0.05, 0.1) is 0 Å². The lowest BCUT2D eigenvalue weighted by Crippen LogP contribution is -2.14. The van der Waals surface area contributed by atoms with Gasteiger partial charge in [-0.3, -0.25) is 0 Å². The van der Waals surface area contributed by atoms with Gasteiger partial charge in [0.25, 0.3) is 0 Å². The molecule has 1 aromatic heterocycles. The third kappa shape index (κ3) is 2.64. The Bertz CT molecular complexity index is 443. The number of hydrogen-bond donors (Lipinski definition) is 2. The third-order valence-corrected chi connectivity index (χ3v) is 3.03. The van der Waals surface area contributed by atoms with Gasteiger partial charge in [-0.1, -0.05) is 24.6 Å². The molecule has 0 unspecified atom stereocenters. The minimum Gasteiger partial charge on any atom is -0.361 e. The highest BCUT2D eigenvalue weighted by atomic mass is 14.7. The summed E-state index contributed by atoms with van der Waals surface area (Å²) in [6.07, 6.45) is 6.86. The maximum atomic E-state index is 5.74. The van der Waals surface area contributed by atoms with Crippen LogP contribution in [-0.4, -0.2) is 11.0 Å². The fraction of sp³-hybridized carbons (Fsp3) is 0.429. The molecule has 0 bridgehead atoms. The van der Waals surface area contributed by atoms with Crippen LogP contribution in [0.5, 0.6) is 0 Å². The average molecular weight is 216 g/mol. The number of benzene rings is 1. The van der Waals surface area contributed by atoms with E-state index in [1.165, 1.54) is 29.3 Å². The normalized spacial score (nSPS) is 13.1. The minimum absolute atomic E-state index is 0.336. The van der Waals surface area contributed by atoms with Crippen molar-refractivity contribution < 1.29 is 0 Å². The number of aromatic amines is 1. The molecule has 0 saturated carbocycles. The van der Waals surface area contributed by atoms with Gasteiger partial charge in [0, 0.05) is 23.1 Å². The molecule has 0 fully saturated rings.